The molecule has 0 radical (unpaired) electrons. The highest BCUT2D eigenvalue weighted by atomic mass is 19.1. The average Bonchev–Trinajstić information content (AvgIpc) is 3.08. The summed E-state index contributed by atoms with van der Waals surface area (Å²) in [6.07, 6.45) is 0. The highest BCUT2D eigenvalue weighted by Gasteiger charge is 2.15. The molecule has 1 amide bonds. The number of nitrogens with one attached hydrogen (secondary N) is 1. The van der Waals surface area contributed by atoms with Crippen LogP contribution in [0.3, 0.4) is 0 Å². The Morgan fingerprint density at radius 3 is 2.65 bits per heavy atom. The van der Waals surface area contributed by atoms with Crippen LogP contribution in [0.25, 0.3) is 22.2 Å². The molecule has 0 fully saturated rings. The predicted octanol–water partition coefficient (Wildman–Crippen LogP) is 5.19. The van der Waals surface area contributed by atoms with Crippen LogP contribution in [-0.2, 0) is 0 Å². The molecule has 0 saturated carbocycles. The zero-order valence-electron chi connectivity index (χ0n) is 14.0. The lowest BCUT2D eigenvalue weighted by Gasteiger charge is -2.07. The van der Waals surface area contributed by atoms with Gasteiger partial charge in [-0.2, -0.15) is 0 Å². The molecule has 1 heterocycles. The third-order valence-electron chi connectivity index (χ3n) is 4.14. The van der Waals surface area contributed by atoms with E-state index in [0.29, 0.717) is 16.8 Å². The monoisotopic (exact) mass is 346 g/mol. The van der Waals surface area contributed by atoms with Crippen molar-refractivity contribution in [3.8, 4) is 11.3 Å². The molecule has 4 aromatic rings. The zero-order valence-corrected chi connectivity index (χ0v) is 14.0. The highest BCUT2D eigenvalue weighted by Crippen LogP contribution is 2.29. The van der Waals surface area contributed by atoms with Gasteiger partial charge in [-0.3, -0.25) is 4.79 Å². The molecule has 0 aliphatic carbocycles. The van der Waals surface area contributed by atoms with Crippen LogP contribution in [0.5, 0.6) is 0 Å². The molecule has 0 atom stereocenters. The standard InChI is InChI=1S/C21H15FN2O2/c1-13-7-9-17(22)19(11-13)23-21(25)15-8-10-18-16(12-15)20(26-24-18)14-5-3-2-4-6-14/h2-12H,1H3,(H,23,25). The van der Waals surface area contributed by atoms with E-state index in [1.165, 1.54) is 6.07 Å². The number of nitrogens with zero attached hydrogens (tertiary/aromatic N) is 1. The lowest BCUT2D eigenvalue weighted by atomic mass is 10.1. The second-order valence-electron chi connectivity index (χ2n) is 6.05. The van der Waals surface area contributed by atoms with Crippen molar-refractivity contribution < 1.29 is 13.7 Å². The number of carbonyl (C=O) groups excluding carboxylic acids is 1. The summed E-state index contributed by atoms with van der Waals surface area (Å²) in [4.78, 5) is 12.6. The van der Waals surface area contributed by atoms with Gasteiger partial charge in [0.1, 0.15) is 11.3 Å². The Kier molecular flexibility index (Phi) is 3.97. The topological polar surface area (TPSA) is 55.1 Å². The molecule has 0 bridgehead atoms. The fraction of sp³-hybridized carbons (Fsp3) is 0.0476. The van der Waals surface area contributed by atoms with Gasteiger partial charge in [0.25, 0.3) is 5.91 Å². The number of benzene rings is 3. The van der Waals surface area contributed by atoms with Crippen LogP contribution in [0.15, 0.2) is 71.3 Å². The van der Waals surface area contributed by atoms with Gasteiger partial charge < -0.3 is 9.84 Å². The summed E-state index contributed by atoms with van der Waals surface area (Å²) in [5, 5.41) is 7.39. The van der Waals surface area contributed by atoms with Gasteiger partial charge >= 0.3 is 0 Å². The number of fused-ring (bicyclic) bond motifs is 1. The first-order valence-corrected chi connectivity index (χ1v) is 8.14. The molecule has 0 spiro atoms. The Labute approximate surface area is 149 Å². The lowest BCUT2D eigenvalue weighted by molar-refractivity contribution is 0.102. The van der Waals surface area contributed by atoms with Crippen molar-refractivity contribution in [3.63, 3.8) is 0 Å². The first kappa shape index (κ1) is 16.0. The summed E-state index contributed by atoms with van der Waals surface area (Å²) in [5.41, 5.74) is 2.95. The molecule has 0 saturated heterocycles. The van der Waals surface area contributed by atoms with Crippen LogP contribution in [0.4, 0.5) is 10.1 Å². The number of amides is 1. The van der Waals surface area contributed by atoms with Crippen molar-refractivity contribution >= 4 is 22.5 Å². The Bertz CT molecular complexity index is 1100. The van der Waals surface area contributed by atoms with Crippen molar-refractivity contribution in [3.05, 3.63) is 83.7 Å². The molecule has 4 rings (SSSR count). The quantitative estimate of drug-likeness (QED) is 0.555. The van der Waals surface area contributed by atoms with Crippen LogP contribution in [0.2, 0.25) is 0 Å². The Morgan fingerprint density at radius 1 is 1.04 bits per heavy atom. The number of carbonyl (C=O) groups is 1. The Hall–Kier alpha value is -3.47. The fourth-order valence-corrected chi connectivity index (χ4v) is 2.81. The minimum atomic E-state index is -0.472. The maximum Gasteiger partial charge on any atom is 0.255 e. The third kappa shape index (κ3) is 2.95. The normalized spacial score (nSPS) is 10.8. The average molecular weight is 346 g/mol. The SMILES string of the molecule is Cc1ccc(F)c(NC(=O)c2ccc3noc(-c4ccccc4)c3c2)c1. The molecule has 3 aromatic carbocycles. The smallest absolute Gasteiger partial charge is 0.255 e. The van der Waals surface area contributed by atoms with E-state index in [9.17, 15) is 9.18 Å². The van der Waals surface area contributed by atoms with Gasteiger partial charge in [-0.05, 0) is 42.8 Å². The second kappa shape index (κ2) is 6.44. The molecule has 1 aromatic heterocycles. The maximum atomic E-state index is 13.9. The van der Waals surface area contributed by atoms with Gasteiger partial charge in [0, 0.05) is 11.1 Å². The van der Waals surface area contributed by atoms with Crippen molar-refractivity contribution in [1.29, 1.82) is 0 Å². The number of aromatic nitrogens is 1. The van der Waals surface area contributed by atoms with E-state index in [-0.39, 0.29) is 5.69 Å². The van der Waals surface area contributed by atoms with E-state index in [4.69, 9.17) is 4.52 Å². The minimum absolute atomic E-state index is 0.156. The van der Waals surface area contributed by atoms with E-state index >= 15 is 0 Å². The number of halogens is 1. The molecular weight excluding hydrogens is 331 g/mol. The minimum Gasteiger partial charge on any atom is -0.355 e. The van der Waals surface area contributed by atoms with Crippen LogP contribution < -0.4 is 5.32 Å². The van der Waals surface area contributed by atoms with Gasteiger partial charge in [0.05, 0.1) is 11.1 Å². The first-order chi connectivity index (χ1) is 12.6. The molecule has 26 heavy (non-hydrogen) atoms. The Balaban J connectivity index is 1.71. The summed E-state index contributed by atoms with van der Waals surface area (Å²) in [7, 11) is 0. The van der Waals surface area contributed by atoms with Gasteiger partial charge in [-0.1, -0.05) is 41.6 Å². The Morgan fingerprint density at radius 2 is 1.85 bits per heavy atom. The van der Waals surface area contributed by atoms with Gasteiger partial charge in [-0.15, -0.1) is 0 Å². The van der Waals surface area contributed by atoms with Gasteiger partial charge in [0.15, 0.2) is 5.76 Å². The second-order valence-corrected chi connectivity index (χ2v) is 6.05. The number of hydrogen-bond donors (Lipinski definition) is 1. The van der Waals surface area contributed by atoms with E-state index in [2.05, 4.69) is 10.5 Å². The van der Waals surface area contributed by atoms with Crippen LogP contribution in [0.1, 0.15) is 15.9 Å². The molecule has 128 valence electrons. The summed E-state index contributed by atoms with van der Waals surface area (Å²) >= 11 is 0. The number of rotatable bonds is 3. The summed E-state index contributed by atoms with van der Waals surface area (Å²) < 4.78 is 19.3. The van der Waals surface area contributed by atoms with Crippen LogP contribution in [-0.4, -0.2) is 11.1 Å². The predicted molar refractivity (Wildman–Crippen MR) is 98.5 cm³/mol. The molecule has 0 aliphatic rings. The first-order valence-electron chi connectivity index (χ1n) is 8.14. The third-order valence-corrected chi connectivity index (χ3v) is 4.14. The highest BCUT2D eigenvalue weighted by molar-refractivity contribution is 6.07. The number of aryl methyl sites for hydroxylation is 1. The number of anilines is 1. The molecular formula is C21H15FN2O2. The lowest BCUT2D eigenvalue weighted by Crippen LogP contribution is -2.13. The van der Waals surface area contributed by atoms with Crippen molar-refractivity contribution in [2.45, 2.75) is 6.92 Å². The van der Waals surface area contributed by atoms with Gasteiger partial charge in [-0.25, -0.2) is 4.39 Å². The van der Waals surface area contributed by atoms with E-state index in [0.717, 1.165) is 16.5 Å². The fourth-order valence-electron chi connectivity index (χ4n) is 2.81. The number of hydrogen-bond acceptors (Lipinski definition) is 3. The summed E-state index contributed by atoms with van der Waals surface area (Å²) in [5.74, 6) is -0.270. The molecule has 5 heteroatoms. The maximum absolute atomic E-state index is 13.9. The summed E-state index contributed by atoms with van der Waals surface area (Å²) in [6, 6.07) is 19.2. The summed E-state index contributed by atoms with van der Waals surface area (Å²) in [6.45, 7) is 1.84. The van der Waals surface area contributed by atoms with Crippen LogP contribution >= 0.6 is 0 Å². The van der Waals surface area contributed by atoms with E-state index in [1.54, 1.807) is 30.3 Å². The van der Waals surface area contributed by atoms with Crippen molar-refractivity contribution in [2.75, 3.05) is 5.32 Å². The van der Waals surface area contributed by atoms with Gasteiger partial charge in [0.2, 0.25) is 0 Å². The molecule has 1 N–H and O–H groups in total. The van der Waals surface area contributed by atoms with E-state index in [1.807, 2.05) is 37.3 Å². The van der Waals surface area contributed by atoms with Crippen molar-refractivity contribution in [2.24, 2.45) is 0 Å². The largest absolute Gasteiger partial charge is 0.355 e. The zero-order chi connectivity index (χ0) is 18.1. The molecule has 0 unspecified atom stereocenters. The van der Waals surface area contributed by atoms with E-state index < -0.39 is 11.7 Å². The van der Waals surface area contributed by atoms with Crippen molar-refractivity contribution in [1.82, 2.24) is 5.16 Å². The molecule has 0 aliphatic heterocycles. The molecule has 4 nitrogen and oxygen atoms in total. The van der Waals surface area contributed by atoms with Crippen LogP contribution in [0, 0.1) is 12.7 Å².